The second-order valence-electron chi connectivity index (χ2n) is 5.69. The van der Waals surface area contributed by atoms with Crippen LogP contribution in [0.1, 0.15) is 23.0 Å². The summed E-state index contributed by atoms with van der Waals surface area (Å²) in [5, 5.41) is 3.09. The van der Waals surface area contributed by atoms with Gasteiger partial charge in [-0.15, -0.1) is 0 Å². The fourth-order valence-corrected chi connectivity index (χ4v) is 2.58. The number of nitrogens with two attached hydrogens (primary N) is 1. The summed E-state index contributed by atoms with van der Waals surface area (Å²) in [7, 11) is 0. The number of carbonyl (C=O) groups is 1. The monoisotopic (exact) mass is 548 g/mol. The molecule has 1 unspecified atom stereocenters. The number of anilines is 1. The first-order valence-corrected chi connectivity index (χ1v) is 7.78. The third-order valence-electron chi connectivity index (χ3n) is 3.65. The van der Waals surface area contributed by atoms with Crippen LogP contribution in [0.2, 0.25) is 5.02 Å². The van der Waals surface area contributed by atoms with Crippen molar-refractivity contribution in [2.75, 3.05) is 11.9 Å². The van der Waals surface area contributed by atoms with Crippen molar-refractivity contribution in [3.8, 4) is 0 Å². The molecule has 1 aliphatic heterocycles. The minimum Gasteiger partial charge on any atom is -0.544 e. The molecule has 2 heterocycles. The molecule has 1 atom stereocenters. The van der Waals surface area contributed by atoms with Crippen LogP contribution in [-0.4, -0.2) is 23.3 Å². The molecular weight excluding hydrogens is 533 g/mol. The van der Waals surface area contributed by atoms with Crippen LogP contribution in [-0.2, 0) is 30.7 Å². The van der Waals surface area contributed by atoms with Crippen LogP contribution >= 0.6 is 11.6 Å². The van der Waals surface area contributed by atoms with Gasteiger partial charge in [0.05, 0.1) is 11.6 Å². The number of benzene rings is 1. The van der Waals surface area contributed by atoms with E-state index in [9.17, 15) is 9.18 Å². The van der Waals surface area contributed by atoms with Gasteiger partial charge in [-0.1, -0.05) is 18.5 Å². The minimum atomic E-state index is -1.08. The number of hydrogen-bond donors (Lipinski definition) is 2. The largest absolute Gasteiger partial charge is 0.544 e. The molecule has 9 heteroatoms. The van der Waals surface area contributed by atoms with Crippen molar-refractivity contribution in [1.82, 2.24) is 4.98 Å². The van der Waals surface area contributed by atoms with Gasteiger partial charge in [-0.25, -0.2) is 9.37 Å². The molecule has 1 amide bonds. The summed E-state index contributed by atoms with van der Waals surface area (Å²) in [5.74, 6) is -0.654. The first-order chi connectivity index (χ1) is 11.9. The third kappa shape index (κ3) is 4.46. The number of nitrogens with zero attached hydrogens (tertiary/aromatic N) is 2. The zero-order valence-corrected chi connectivity index (χ0v) is 17.1. The number of nitrogens with one attached hydrogen (secondary N) is 1. The molecule has 1 radical (unpaired) electrons. The van der Waals surface area contributed by atoms with Gasteiger partial charge in [0.1, 0.15) is 17.3 Å². The number of aliphatic imine (C=N–C) groups is 1. The summed E-state index contributed by atoms with van der Waals surface area (Å²) in [6, 6.07) is 7.25. The van der Waals surface area contributed by atoms with Crippen LogP contribution < -0.4 is 11.1 Å². The minimum absolute atomic E-state index is 0. The quantitative estimate of drug-likeness (QED) is 0.578. The smallest absolute Gasteiger partial charge is 0.274 e. The molecular formula is C17H15ClFN4O2Re-. The summed E-state index contributed by atoms with van der Waals surface area (Å²) >= 11 is 5.75. The maximum atomic E-state index is 14.3. The number of amidine groups is 1. The van der Waals surface area contributed by atoms with Gasteiger partial charge in [0.2, 0.25) is 0 Å². The molecule has 1 aromatic heterocycles. The number of aromatic nitrogens is 1. The van der Waals surface area contributed by atoms with E-state index in [0.29, 0.717) is 10.7 Å². The van der Waals surface area contributed by atoms with Gasteiger partial charge >= 0.3 is 0 Å². The molecule has 6 nitrogen and oxygen atoms in total. The van der Waals surface area contributed by atoms with E-state index in [1.54, 1.807) is 13.0 Å². The van der Waals surface area contributed by atoms with E-state index in [1.165, 1.54) is 37.1 Å². The number of pyridine rings is 1. The van der Waals surface area contributed by atoms with Gasteiger partial charge in [0.25, 0.3) is 5.91 Å². The van der Waals surface area contributed by atoms with Crippen LogP contribution in [0, 0.1) is 12.4 Å². The van der Waals surface area contributed by atoms with E-state index in [-0.39, 0.29) is 44.1 Å². The van der Waals surface area contributed by atoms with Crippen molar-refractivity contribution >= 4 is 29.0 Å². The second kappa shape index (κ2) is 8.23. The Bertz CT molecular complexity index is 847. The summed E-state index contributed by atoms with van der Waals surface area (Å²) < 4.78 is 19.6. The molecule has 1 aromatic carbocycles. The predicted octanol–water partition coefficient (Wildman–Crippen LogP) is 2.89. The molecule has 2 aromatic rings. The maximum absolute atomic E-state index is 14.3. The number of rotatable bonds is 3. The van der Waals surface area contributed by atoms with Crippen molar-refractivity contribution in [2.45, 2.75) is 12.5 Å². The van der Waals surface area contributed by atoms with Crippen molar-refractivity contribution in [3.05, 3.63) is 65.2 Å². The molecule has 0 aliphatic carbocycles. The molecule has 1 aliphatic rings. The molecule has 3 N–H and O–H groups in total. The van der Waals surface area contributed by atoms with Gasteiger partial charge in [-0.05, 0) is 41.4 Å². The Hall–Kier alpha value is -1.85. The van der Waals surface area contributed by atoms with Gasteiger partial charge in [0, 0.05) is 32.3 Å². The Labute approximate surface area is 168 Å². The van der Waals surface area contributed by atoms with Gasteiger partial charge < -0.3 is 15.8 Å². The van der Waals surface area contributed by atoms with E-state index in [4.69, 9.17) is 22.1 Å². The van der Waals surface area contributed by atoms with Crippen LogP contribution in [0.15, 0.2) is 41.5 Å². The van der Waals surface area contributed by atoms with E-state index >= 15 is 0 Å². The van der Waals surface area contributed by atoms with E-state index < -0.39 is 17.3 Å². The van der Waals surface area contributed by atoms with Crippen molar-refractivity contribution < 1.29 is 34.3 Å². The summed E-state index contributed by atoms with van der Waals surface area (Å²) in [5.41, 5.74) is 5.44. The van der Waals surface area contributed by atoms with Crippen LogP contribution in [0.4, 0.5) is 10.1 Å². The van der Waals surface area contributed by atoms with Gasteiger partial charge in [-0.2, -0.15) is 6.61 Å². The topological polar surface area (TPSA) is 89.6 Å². The number of hydrogen-bond acceptors (Lipinski definition) is 5. The molecule has 3 rings (SSSR count). The molecule has 137 valence electrons. The molecule has 0 saturated carbocycles. The maximum Gasteiger partial charge on any atom is 0.274 e. The predicted molar refractivity (Wildman–Crippen MR) is 92.8 cm³/mol. The van der Waals surface area contributed by atoms with Crippen molar-refractivity contribution in [2.24, 2.45) is 10.7 Å². The van der Waals surface area contributed by atoms with E-state index in [0.717, 1.165) is 0 Å². The second-order valence-corrected chi connectivity index (χ2v) is 6.13. The standard InChI is InChI=1S/C17H15ClFN4O2.Re/c1-17(9-25-8-15(20)23-17)12-6-11(3-4-13(12)19)22-16(24)14-5-2-10(18)7-21-14;/h2-7,9H,8H2,1H3,(H2,20,23)(H,22,24);/q-1;. The molecule has 26 heavy (non-hydrogen) atoms. The Kier molecular flexibility index (Phi) is 6.48. The molecule has 0 spiro atoms. The number of halogens is 2. The zero-order valence-electron chi connectivity index (χ0n) is 13.7. The first kappa shape index (κ1) is 20.5. The summed E-state index contributed by atoms with van der Waals surface area (Å²) in [6.45, 7) is 3.26. The normalized spacial score (nSPS) is 19.3. The Morgan fingerprint density at radius 1 is 1.42 bits per heavy atom. The average Bonchev–Trinajstić information content (AvgIpc) is 2.57. The first-order valence-electron chi connectivity index (χ1n) is 7.40. The van der Waals surface area contributed by atoms with Gasteiger partial charge in [0.15, 0.2) is 0 Å². The van der Waals surface area contributed by atoms with Crippen LogP contribution in [0.5, 0.6) is 0 Å². The Morgan fingerprint density at radius 3 is 2.85 bits per heavy atom. The third-order valence-corrected chi connectivity index (χ3v) is 3.87. The number of amides is 1. The average molecular weight is 548 g/mol. The van der Waals surface area contributed by atoms with E-state index in [1.807, 2.05) is 0 Å². The molecule has 0 saturated heterocycles. The van der Waals surface area contributed by atoms with Crippen LogP contribution in [0.3, 0.4) is 0 Å². The Morgan fingerprint density at radius 2 is 2.19 bits per heavy atom. The fourth-order valence-electron chi connectivity index (χ4n) is 2.47. The van der Waals surface area contributed by atoms with Crippen molar-refractivity contribution in [3.63, 3.8) is 0 Å². The zero-order chi connectivity index (χ0) is 18.0. The molecule has 0 bridgehead atoms. The van der Waals surface area contributed by atoms with Gasteiger partial charge in [-0.3, -0.25) is 9.79 Å². The van der Waals surface area contributed by atoms with Crippen LogP contribution in [0.25, 0.3) is 0 Å². The van der Waals surface area contributed by atoms with Crippen molar-refractivity contribution in [1.29, 1.82) is 0 Å². The molecule has 0 fully saturated rings. The number of carbonyl (C=O) groups excluding carboxylic acids is 1. The summed E-state index contributed by atoms with van der Waals surface area (Å²) in [6.07, 6.45) is 1.37. The van der Waals surface area contributed by atoms with E-state index in [2.05, 4.69) is 15.3 Å². The number of ether oxygens (including phenoxy) is 1. The Balaban J connectivity index is 0.00000243. The SMILES string of the molecule is CC1(c2cc(NC(=O)c3ccc(Cl)cn3)ccc2F)[CH-]OCC(N)=N1.[Re]. The summed E-state index contributed by atoms with van der Waals surface area (Å²) in [4.78, 5) is 20.5. The fraction of sp³-hybridized carbons (Fsp3) is 0.176.